The highest BCUT2D eigenvalue weighted by Gasteiger charge is 2.22. The number of hydrogen-bond donors (Lipinski definition) is 1. The van der Waals surface area contributed by atoms with Crippen molar-refractivity contribution in [1.29, 1.82) is 0 Å². The normalized spacial score (nSPS) is 12.1. The Labute approximate surface area is 172 Å². The molecule has 0 aliphatic carbocycles. The van der Waals surface area contributed by atoms with Crippen molar-refractivity contribution >= 4 is 5.91 Å². The van der Waals surface area contributed by atoms with Crippen molar-refractivity contribution in [1.82, 2.24) is 25.3 Å². The van der Waals surface area contributed by atoms with Gasteiger partial charge < -0.3 is 5.32 Å². The van der Waals surface area contributed by atoms with Gasteiger partial charge in [0.25, 0.3) is 5.91 Å². The monoisotopic (exact) mass is 391 g/mol. The van der Waals surface area contributed by atoms with E-state index >= 15 is 0 Å². The van der Waals surface area contributed by atoms with Gasteiger partial charge in [0.15, 0.2) is 0 Å². The first kappa shape index (κ1) is 20.7. The fourth-order valence-electron chi connectivity index (χ4n) is 2.90. The zero-order chi connectivity index (χ0) is 21.2. The topological polar surface area (TPSA) is 72.7 Å². The van der Waals surface area contributed by atoms with Crippen molar-refractivity contribution in [3.8, 4) is 5.69 Å². The van der Waals surface area contributed by atoms with E-state index in [0.29, 0.717) is 17.8 Å². The molecule has 0 atom stereocenters. The summed E-state index contributed by atoms with van der Waals surface area (Å²) < 4.78 is 1.67. The maximum atomic E-state index is 12.9. The molecule has 0 aliphatic heterocycles. The first-order chi connectivity index (χ1) is 13.5. The number of rotatable bonds is 4. The van der Waals surface area contributed by atoms with E-state index in [2.05, 4.69) is 68.2 Å². The minimum atomic E-state index is -0.111. The summed E-state index contributed by atoms with van der Waals surface area (Å²) >= 11 is 0. The largest absolute Gasteiger partial charge is 0.346 e. The van der Waals surface area contributed by atoms with Gasteiger partial charge in [0.05, 0.1) is 18.4 Å². The maximum Gasteiger partial charge on any atom is 0.251 e. The summed E-state index contributed by atoms with van der Waals surface area (Å²) in [6.45, 7) is 13.3. The van der Waals surface area contributed by atoms with Crippen LogP contribution in [-0.2, 0) is 17.4 Å². The number of aromatic nitrogens is 4. The second-order valence-corrected chi connectivity index (χ2v) is 9.34. The van der Waals surface area contributed by atoms with Crippen LogP contribution in [0.3, 0.4) is 0 Å². The van der Waals surface area contributed by atoms with E-state index in [9.17, 15) is 4.79 Å². The smallest absolute Gasteiger partial charge is 0.251 e. The third kappa shape index (κ3) is 5.08. The van der Waals surface area contributed by atoms with Crippen molar-refractivity contribution in [2.75, 3.05) is 0 Å². The van der Waals surface area contributed by atoms with Crippen molar-refractivity contribution in [3.63, 3.8) is 0 Å². The van der Waals surface area contributed by atoms with E-state index in [1.807, 2.05) is 30.5 Å². The third-order valence-electron chi connectivity index (χ3n) is 4.83. The van der Waals surface area contributed by atoms with Crippen LogP contribution in [0.4, 0.5) is 0 Å². The van der Waals surface area contributed by atoms with E-state index < -0.39 is 0 Å². The molecule has 152 valence electrons. The van der Waals surface area contributed by atoms with Crippen LogP contribution in [0.2, 0.25) is 0 Å². The molecule has 1 amide bonds. The number of pyridine rings is 1. The lowest BCUT2D eigenvalue weighted by molar-refractivity contribution is 0.0950. The number of nitrogens with zero attached hydrogens (tertiary/aromatic N) is 4. The lowest BCUT2D eigenvalue weighted by Gasteiger charge is -2.26. The number of nitrogens with one attached hydrogen (secondary N) is 1. The SMILES string of the molecule is CC(C)(C)c1cc(C(=O)NCc2cn(-c3ccncc3)nn2)cc(C(C)(C)C)c1. The molecule has 2 heterocycles. The highest BCUT2D eigenvalue weighted by Crippen LogP contribution is 2.30. The van der Waals surface area contributed by atoms with Crippen molar-refractivity contribution in [3.05, 3.63) is 71.3 Å². The maximum absolute atomic E-state index is 12.9. The minimum absolute atomic E-state index is 0.0382. The predicted molar refractivity (Wildman–Crippen MR) is 114 cm³/mol. The molecule has 3 rings (SSSR count). The first-order valence-electron chi connectivity index (χ1n) is 9.80. The second kappa shape index (κ2) is 7.78. The van der Waals surface area contributed by atoms with Crippen molar-refractivity contribution in [2.24, 2.45) is 0 Å². The van der Waals surface area contributed by atoms with Gasteiger partial charge in [-0.3, -0.25) is 9.78 Å². The Bertz CT molecular complexity index is 962. The quantitative estimate of drug-likeness (QED) is 0.724. The summed E-state index contributed by atoms with van der Waals surface area (Å²) in [6, 6.07) is 9.87. The molecular weight excluding hydrogens is 362 g/mol. The van der Waals surface area contributed by atoms with E-state index in [0.717, 1.165) is 16.8 Å². The summed E-state index contributed by atoms with van der Waals surface area (Å²) in [6.07, 6.45) is 5.21. The molecule has 3 aromatic rings. The van der Waals surface area contributed by atoms with Gasteiger partial charge in [-0.15, -0.1) is 5.10 Å². The molecule has 2 aromatic heterocycles. The van der Waals surface area contributed by atoms with Crippen LogP contribution in [0.15, 0.2) is 48.9 Å². The molecule has 6 heteroatoms. The van der Waals surface area contributed by atoms with Gasteiger partial charge in [0, 0.05) is 18.0 Å². The zero-order valence-corrected chi connectivity index (χ0v) is 18.0. The lowest BCUT2D eigenvalue weighted by atomic mass is 9.79. The molecule has 6 nitrogen and oxygen atoms in total. The number of benzene rings is 1. The van der Waals surface area contributed by atoms with Gasteiger partial charge in [0.2, 0.25) is 0 Å². The van der Waals surface area contributed by atoms with E-state index in [-0.39, 0.29) is 16.7 Å². The molecule has 0 saturated carbocycles. The zero-order valence-electron chi connectivity index (χ0n) is 18.0. The Morgan fingerprint density at radius 1 is 0.966 bits per heavy atom. The Balaban J connectivity index is 1.78. The Morgan fingerprint density at radius 2 is 1.55 bits per heavy atom. The molecule has 0 saturated heterocycles. The average Bonchev–Trinajstić information content (AvgIpc) is 3.14. The summed E-state index contributed by atoms with van der Waals surface area (Å²) in [5, 5.41) is 11.2. The summed E-state index contributed by atoms with van der Waals surface area (Å²) in [7, 11) is 0. The number of carbonyl (C=O) groups excluding carboxylic acids is 1. The fourth-order valence-corrected chi connectivity index (χ4v) is 2.90. The van der Waals surface area contributed by atoms with E-state index in [4.69, 9.17) is 0 Å². The number of amides is 1. The second-order valence-electron chi connectivity index (χ2n) is 9.34. The summed E-state index contributed by atoms with van der Waals surface area (Å²) in [4.78, 5) is 16.9. The third-order valence-corrected chi connectivity index (χ3v) is 4.83. The van der Waals surface area contributed by atoms with Gasteiger partial charge in [0.1, 0.15) is 5.69 Å². The van der Waals surface area contributed by atoms with Gasteiger partial charge >= 0.3 is 0 Å². The van der Waals surface area contributed by atoms with Crippen LogP contribution in [0.25, 0.3) is 5.69 Å². The standard InChI is InChI=1S/C23H29N5O/c1-22(2,3)17-11-16(12-18(13-17)23(4,5)6)21(29)25-14-19-15-28(27-26-19)20-7-9-24-10-8-20/h7-13,15H,14H2,1-6H3,(H,25,29). The lowest BCUT2D eigenvalue weighted by Crippen LogP contribution is -2.25. The van der Waals surface area contributed by atoms with Crippen molar-refractivity contribution < 1.29 is 4.79 Å². The van der Waals surface area contributed by atoms with Crippen LogP contribution >= 0.6 is 0 Å². The molecule has 0 unspecified atom stereocenters. The molecule has 0 spiro atoms. The number of carbonyl (C=O) groups is 1. The minimum Gasteiger partial charge on any atom is -0.346 e. The Kier molecular flexibility index (Phi) is 5.55. The highest BCUT2D eigenvalue weighted by molar-refractivity contribution is 5.94. The summed E-state index contributed by atoms with van der Waals surface area (Å²) in [5.41, 5.74) is 4.46. The van der Waals surface area contributed by atoms with Gasteiger partial charge in [-0.05, 0) is 46.2 Å². The predicted octanol–water partition coefficient (Wildman–Crippen LogP) is 4.19. The van der Waals surface area contributed by atoms with Gasteiger partial charge in [-0.1, -0.05) is 52.8 Å². The number of hydrogen-bond acceptors (Lipinski definition) is 4. The summed E-state index contributed by atoms with van der Waals surface area (Å²) in [5.74, 6) is -0.111. The first-order valence-corrected chi connectivity index (χ1v) is 9.80. The van der Waals surface area contributed by atoms with E-state index in [1.54, 1.807) is 17.1 Å². The van der Waals surface area contributed by atoms with Crippen LogP contribution in [0, 0.1) is 0 Å². The fraction of sp³-hybridized carbons (Fsp3) is 0.391. The molecule has 1 N–H and O–H groups in total. The van der Waals surface area contributed by atoms with Crippen LogP contribution in [0.5, 0.6) is 0 Å². The Morgan fingerprint density at radius 3 is 2.10 bits per heavy atom. The van der Waals surface area contributed by atoms with Crippen LogP contribution in [-0.4, -0.2) is 25.9 Å². The molecular formula is C23H29N5O. The van der Waals surface area contributed by atoms with Crippen molar-refractivity contribution in [2.45, 2.75) is 58.9 Å². The molecule has 0 aliphatic rings. The van der Waals surface area contributed by atoms with E-state index in [1.165, 1.54) is 0 Å². The molecule has 29 heavy (non-hydrogen) atoms. The van der Waals surface area contributed by atoms with Crippen LogP contribution < -0.4 is 5.32 Å². The van der Waals surface area contributed by atoms with Gasteiger partial charge in [-0.25, -0.2) is 4.68 Å². The molecule has 1 aromatic carbocycles. The molecule has 0 fully saturated rings. The highest BCUT2D eigenvalue weighted by atomic mass is 16.1. The Hall–Kier alpha value is -3.02. The van der Waals surface area contributed by atoms with Gasteiger partial charge in [-0.2, -0.15) is 0 Å². The van der Waals surface area contributed by atoms with Crippen LogP contribution in [0.1, 0.15) is 68.7 Å². The molecule has 0 radical (unpaired) electrons. The molecule has 0 bridgehead atoms. The average molecular weight is 392 g/mol.